The molecule has 3 nitrogen and oxygen atoms in total. The SMILES string of the molecule is CCNCC1(CN(C)CC2CCCC2)CCCOC1. The Balaban J connectivity index is 1.83. The molecule has 0 aromatic rings. The second-order valence-electron chi connectivity index (χ2n) is 6.78. The number of hydrogen-bond donors (Lipinski definition) is 1. The van der Waals surface area contributed by atoms with E-state index >= 15 is 0 Å². The molecule has 1 aliphatic heterocycles. The minimum atomic E-state index is 0.349. The quantitative estimate of drug-likeness (QED) is 0.768. The van der Waals surface area contributed by atoms with E-state index in [0.717, 1.165) is 32.2 Å². The highest BCUT2D eigenvalue weighted by molar-refractivity contribution is 4.87. The molecule has 1 saturated heterocycles. The number of nitrogens with one attached hydrogen (secondary N) is 1. The molecule has 2 rings (SSSR count). The van der Waals surface area contributed by atoms with Crippen LogP contribution in [0.4, 0.5) is 0 Å². The maximum absolute atomic E-state index is 5.79. The van der Waals surface area contributed by atoms with Crippen LogP contribution in [0.5, 0.6) is 0 Å². The second kappa shape index (κ2) is 7.61. The van der Waals surface area contributed by atoms with E-state index in [1.165, 1.54) is 51.6 Å². The van der Waals surface area contributed by atoms with Crippen LogP contribution in [0.1, 0.15) is 45.4 Å². The van der Waals surface area contributed by atoms with Crippen LogP contribution in [0.15, 0.2) is 0 Å². The van der Waals surface area contributed by atoms with Crippen LogP contribution in [0.3, 0.4) is 0 Å². The molecule has 112 valence electrons. The standard InChI is InChI=1S/C16H32N2O/c1-3-17-12-16(9-6-10-19-14-16)13-18(2)11-15-7-4-5-8-15/h15,17H,3-14H2,1-2H3. The van der Waals surface area contributed by atoms with E-state index in [1.807, 2.05) is 0 Å². The topological polar surface area (TPSA) is 24.5 Å². The molecule has 1 unspecified atom stereocenters. The van der Waals surface area contributed by atoms with Gasteiger partial charge in [-0.05, 0) is 45.2 Å². The lowest BCUT2D eigenvalue weighted by molar-refractivity contribution is -0.0240. The van der Waals surface area contributed by atoms with Crippen LogP contribution in [0.2, 0.25) is 0 Å². The van der Waals surface area contributed by atoms with Gasteiger partial charge in [0, 0.05) is 31.7 Å². The van der Waals surface area contributed by atoms with E-state index in [0.29, 0.717) is 5.41 Å². The minimum Gasteiger partial charge on any atom is -0.381 e. The van der Waals surface area contributed by atoms with E-state index in [-0.39, 0.29) is 0 Å². The summed E-state index contributed by atoms with van der Waals surface area (Å²) in [4.78, 5) is 2.57. The fourth-order valence-corrected chi connectivity index (χ4v) is 3.89. The van der Waals surface area contributed by atoms with Crippen molar-refractivity contribution in [2.24, 2.45) is 11.3 Å². The summed E-state index contributed by atoms with van der Waals surface area (Å²) < 4.78 is 5.79. The smallest absolute Gasteiger partial charge is 0.0546 e. The van der Waals surface area contributed by atoms with E-state index in [1.54, 1.807) is 0 Å². The van der Waals surface area contributed by atoms with Gasteiger partial charge >= 0.3 is 0 Å². The molecule has 0 aromatic heterocycles. The largest absolute Gasteiger partial charge is 0.381 e. The lowest BCUT2D eigenvalue weighted by atomic mass is 9.81. The van der Waals surface area contributed by atoms with E-state index in [9.17, 15) is 0 Å². The van der Waals surface area contributed by atoms with Gasteiger partial charge in [-0.3, -0.25) is 0 Å². The Bertz CT molecular complexity index is 245. The summed E-state index contributed by atoms with van der Waals surface area (Å²) >= 11 is 0. The lowest BCUT2D eigenvalue weighted by Gasteiger charge is -2.40. The van der Waals surface area contributed by atoms with E-state index in [4.69, 9.17) is 4.74 Å². The predicted molar refractivity (Wildman–Crippen MR) is 80.5 cm³/mol. The zero-order valence-corrected chi connectivity index (χ0v) is 12.9. The van der Waals surface area contributed by atoms with E-state index in [2.05, 4.69) is 24.2 Å². The van der Waals surface area contributed by atoms with E-state index < -0.39 is 0 Å². The van der Waals surface area contributed by atoms with Gasteiger partial charge in [0.25, 0.3) is 0 Å². The van der Waals surface area contributed by atoms with Gasteiger partial charge < -0.3 is 15.0 Å². The molecule has 19 heavy (non-hydrogen) atoms. The summed E-state index contributed by atoms with van der Waals surface area (Å²) in [6, 6.07) is 0. The van der Waals surface area contributed by atoms with Crippen molar-refractivity contribution in [2.75, 3.05) is 46.4 Å². The first kappa shape index (κ1) is 15.3. The average molecular weight is 268 g/mol. The summed E-state index contributed by atoms with van der Waals surface area (Å²) in [6.07, 6.45) is 8.33. The molecule has 0 amide bonds. The second-order valence-corrected chi connectivity index (χ2v) is 6.78. The molecule has 0 aromatic carbocycles. The Labute approximate surface area is 119 Å². The summed E-state index contributed by atoms with van der Waals surface area (Å²) in [6.45, 7) is 8.74. The van der Waals surface area contributed by atoms with Gasteiger partial charge in [0.15, 0.2) is 0 Å². The highest BCUT2D eigenvalue weighted by Gasteiger charge is 2.34. The maximum atomic E-state index is 5.79. The third-order valence-corrected chi connectivity index (χ3v) is 4.80. The molecule has 1 aliphatic carbocycles. The van der Waals surface area contributed by atoms with Gasteiger partial charge in [-0.15, -0.1) is 0 Å². The van der Waals surface area contributed by atoms with Crippen LogP contribution in [0.25, 0.3) is 0 Å². The Morgan fingerprint density at radius 2 is 2.05 bits per heavy atom. The zero-order valence-electron chi connectivity index (χ0n) is 12.9. The maximum Gasteiger partial charge on any atom is 0.0546 e. The Morgan fingerprint density at radius 3 is 2.68 bits per heavy atom. The monoisotopic (exact) mass is 268 g/mol. The van der Waals surface area contributed by atoms with Crippen LogP contribution >= 0.6 is 0 Å². The van der Waals surface area contributed by atoms with Crippen LogP contribution in [-0.2, 0) is 4.74 Å². The first-order valence-electron chi connectivity index (χ1n) is 8.21. The number of ether oxygens (including phenoxy) is 1. The number of hydrogen-bond acceptors (Lipinski definition) is 3. The van der Waals surface area contributed by atoms with Crippen molar-refractivity contribution >= 4 is 0 Å². The molecule has 1 atom stereocenters. The van der Waals surface area contributed by atoms with Crippen LogP contribution in [-0.4, -0.2) is 51.3 Å². The Morgan fingerprint density at radius 1 is 1.26 bits per heavy atom. The zero-order chi connectivity index (χ0) is 13.6. The molecule has 1 heterocycles. The fraction of sp³-hybridized carbons (Fsp3) is 1.00. The molecular formula is C16H32N2O. The van der Waals surface area contributed by atoms with Gasteiger partial charge in [0.05, 0.1) is 6.61 Å². The van der Waals surface area contributed by atoms with Crippen molar-refractivity contribution in [3.8, 4) is 0 Å². The summed E-state index contributed by atoms with van der Waals surface area (Å²) in [5.41, 5.74) is 0.349. The van der Waals surface area contributed by atoms with Crippen molar-refractivity contribution in [2.45, 2.75) is 45.4 Å². The van der Waals surface area contributed by atoms with Crippen molar-refractivity contribution in [3.63, 3.8) is 0 Å². The molecule has 1 saturated carbocycles. The third-order valence-electron chi connectivity index (χ3n) is 4.80. The van der Waals surface area contributed by atoms with Gasteiger partial charge in [0.2, 0.25) is 0 Å². The molecule has 0 spiro atoms. The van der Waals surface area contributed by atoms with Gasteiger partial charge in [-0.2, -0.15) is 0 Å². The number of rotatable bonds is 7. The highest BCUT2D eigenvalue weighted by atomic mass is 16.5. The molecule has 2 aliphatic rings. The summed E-state index contributed by atoms with van der Waals surface area (Å²) in [5, 5.41) is 3.55. The van der Waals surface area contributed by atoms with Gasteiger partial charge in [0.1, 0.15) is 0 Å². The minimum absolute atomic E-state index is 0.349. The third kappa shape index (κ3) is 4.73. The molecule has 1 N–H and O–H groups in total. The van der Waals surface area contributed by atoms with Crippen LogP contribution < -0.4 is 5.32 Å². The first-order valence-corrected chi connectivity index (χ1v) is 8.21. The van der Waals surface area contributed by atoms with Crippen molar-refractivity contribution < 1.29 is 4.74 Å². The molecule has 0 bridgehead atoms. The number of nitrogens with zero attached hydrogens (tertiary/aromatic N) is 1. The normalized spacial score (nSPS) is 29.2. The summed E-state index contributed by atoms with van der Waals surface area (Å²) in [5.74, 6) is 0.950. The molecule has 2 fully saturated rings. The van der Waals surface area contributed by atoms with Crippen molar-refractivity contribution in [1.29, 1.82) is 0 Å². The van der Waals surface area contributed by atoms with Gasteiger partial charge in [-0.1, -0.05) is 19.8 Å². The molecule has 0 radical (unpaired) electrons. The van der Waals surface area contributed by atoms with Gasteiger partial charge in [-0.25, -0.2) is 0 Å². The van der Waals surface area contributed by atoms with Crippen molar-refractivity contribution in [3.05, 3.63) is 0 Å². The summed E-state index contributed by atoms with van der Waals surface area (Å²) in [7, 11) is 2.31. The highest BCUT2D eigenvalue weighted by Crippen LogP contribution is 2.31. The first-order chi connectivity index (χ1) is 9.24. The predicted octanol–water partition coefficient (Wildman–Crippen LogP) is 2.51. The lowest BCUT2D eigenvalue weighted by Crippen LogP contribution is -2.48. The Kier molecular flexibility index (Phi) is 6.11. The molecule has 3 heteroatoms. The average Bonchev–Trinajstić information content (AvgIpc) is 2.90. The van der Waals surface area contributed by atoms with Crippen LogP contribution in [0, 0.1) is 11.3 Å². The molecular weight excluding hydrogens is 236 g/mol. The fourth-order valence-electron chi connectivity index (χ4n) is 3.89. The van der Waals surface area contributed by atoms with Crippen molar-refractivity contribution in [1.82, 2.24) is 10.2 Å². The Hall–Kier alpha value is -0.120.